The Morgan fingerprint density at radius 1 is 1.12 bits per heavy atom. The zero-order chi connectivity index (χ0) is 18.4. The number of carbonyl (C=O) groups excluding carboxylic acids is 1. The molecule has 0 radical (unpaired) electrons. The van der Waals surface area contributed by atoms with Crippen LogP contribution >= 0.6 is 0 Å². The largest absolute Gasteiger partial charge is 0.508 e. The second-order valence-electron chi connectivity index (χ2n) is 6.94. The summed E-state index contributed by atoms with van der Waals surface area (Å²) in [6.07, 6.45) is 4.06. The molecule has 5 heteroatoms. The molecule has 2 aromatic rings. The number of phenolic OH excluding ortho intramolecular Hbond substituents is 1. The Hall–Kier alpha value is -2.40. The monoisotopic (exact) mass is 356 g/mol. The van der Waals surface area contributed by atoms with E-state index in [4.69, 9.17) is 0 Å². The van der Waals surface area contributed by atoms with Gasteiger partial charge in [-0.05, 0) is 80.2 Å². The Kier molecular flexibility index (Phi) is 6.23. The fourth-order valence-electron chi connectivity index (χ4n) is 3.51. The fourth-order valence-corrected chi connectivity index (χ4v) is 3.51. The second kappa shape index (κ2) is 8.81. The lowest BCUT2D eigenvalue weighted by Gasteiger charge is -2.35. The first-order chi connectivity index (χ1) is 12.6. The number of benzene rings is 2. The minimum atomic E-state index is -0.196. The van der Waals surface area contributed by atoms with Crippen molar-refractivity contribution < 1.29 is 14.3 Å². The van der Waals surface area contributed by atoms with Gasteiger partial charge in [-0.25, -0.2) is 4.39 Å². The molecule has 1 aliphatic heterocycles. The number of phenols is 1. The molecule has 1 saturated heterocycles. The van der Waals surface area contributed by atoms with Crippen LogP contribution < -0.4 is 5.32 Å². The first kappa shape index (κ1) is 18.4. The third kappa shape index (κ3) is 5.05. The number of hydrogen-bond donors (Lipinski definition) is 2. The van der Waals surface area contributed by atoms with Gasteiger partial charge in [0.2, 0.25) is 0 Å². The van der Waals surface area contributed by atoms with Gasteiger partial charge in [0.05, 0.1) is 6.04 Å². The minimum Gasteiger partial charge on any atom is -0.508 e. The summed E-state index contributed by atoms with van der Waals surface area (Å²) < 4.78 is 13.0. The van der Waals surface area contributed by atoms with Crippen molar-refractivity contribution in [2.24, 2.45) is 5.92 Å². The summed E-state index contributed by atoms with van der Waals surface area (Å²) in [6.45, 7) is 2.34. The molecular formula is C21H25FN2O2. The molecule has 0 spiro atoms. The SMILES string of the molecule is O=CC(CNc1ccc(O)cc1)N1CCC(Cc2ccc(F)cc2)CC1. The highest BCUT2D eigenvalue weighted by molar-refractivity contribution is 5.59. The van der Waals surface area contributed by atoms with Crippen molar-refractivity contribution in [3.8, 4) is 5.75 Å². The van der Waals surface area contributed by atoms with Gasteiger partial charge in [0.25, 0.3) is 0 Å². The van der Waals surface area contributed by atoms with Crippen molar-refractivity contribution in [2.45, 2.75) is 25.3 Å². The maximum absolute atomic E-state index is 13.0. The molecule has 0 aliphatic carbocycles. The van der Waals surface area contributed by atoms with E-state index in [1.807, 2.05) is 12.1 Å². The van der Waals surface area contributed by atoms with Crippen molar-refractivity contribution in [3.05, 3.63) is 59.9 Å². The van der Waals surface area contributed by atoms with E-state index in [1.165, 1.54) is 17.7 Å². The topological polar surface area (TPSA) is 52.6 Å². The molecule has 0 saturated carbocycles. The molecular weight excluding hydrogens is 331 g/mol. The predicted molar refractivity (Wildman–Crippen MR) is 101 cm³/mol. The summed E-state index contributed by atoms with van der Waals surface area (Å²) in [5.41, 5.74) is 2.06. The zero-order valence-electron chi connectivity index (χ0n) is 14.8. The number of halogens is 1. The Morgan fingerprint density at radius 3 is 2.38 bits per heavy atom. The summed E-state index contributed by atoms with van der Waals surface area (Å²) in [5, 5.41) is 12.6. The van der Waals surface area contributed by atoms with Crippen molar-refractivity contribution in [1.82, 2.24) is 4.90 Å². The predicted octanol–water partition coefficient (Wildman–Crippen LogP) is 3.47. The molecule has 138 valence electrons. The minimum absolute atomic E-state index is 0.157. The number of anilines is 1. The van der Waals surface area contributed by atoms with Gasteiger partial charge in [-0.2, -0.15) is 0 Å². The smallest absolute Gasteiger partial charge is 0.138 e. The molecule has 1 heterocycles. The van der Waals surface area contributed by atoms with Crippen LogP contribution in [0.1, 0.15) is 18.4 Å². The summed E-state index contributed by atoms with van der Waals surface area (Å²) in [4.78, 5) is 13.8. The molecule has 4 nitrogen and oxygen atoms in total. The first-order valence-corrected chi connectivity index (χ1v) is 9.11. The molecule has 1 atom stereocenters. The van der Waals surface area contributed by atoms with Crippen molar-refractivity contribution in [2.75, 3.05) is 25.0 Å². The van der Waals surface area contributed by atoms with Gasteiger partial charge in [0, 0.05) is 12.2 Å². The third-order valence-corrected chi connectivity index (χ3v) is 5.10. The second-order valence-corrected chi connectivity index (χ2v) is 6.94. The average molecular weight is 356 g/mol. The highest BCUT2D eigenvalue weighted by Gasteiger charge is 2.24. The fraction of sp³-hybridized carbons (Fsp3) is 0.381. The highest BCUT2D eigenvalue weighted by atomic mass is 19.1. The van der Waals surface area contributed by atoms with E-state index in [-0.39, 0.29) is 17.6 Å². The van der Waals surface area contributed by atoms with E-state index in [0.717, 1.165) is 44.3 Å². The lowest BCUT2D eigenvalue weighted by molar-refractivity contribution is -0.112. The molecule has 3 rings (SSSR count). The number of hydrogen-bond acceptors (Lipinski definition) is 4. The van der Waals surface area contributed by atoms with Crippen molar-refractivity contribution in [1.29, 1.82) is 0 Å². The first-order valence-electron chi connectivity index (χ1n) is 9.11. The number of nitrogens with one attached hydrogen (secondary N) is 1. The zero-order valence-corrected chi connectivity index (χ0v) is 14.8. The normalized spacial score (nSPS) is 17.0. The Bertz CT molecular complexity index is 695. The van der Waals surface area contributed by atoms with Crippen molar-refractivity contribution in [3.63, 3.8) is 0 Å². The Morgan fingerprint density at radius 2 is 1.77 bits per heavy atom. The third-order valence-electron chi connectivity index (χ3n) is 5.10. The lowest BCUT2D eigenvalue weighted by Crippen LogP contribution is -2.46. The molecule has 1 unspecified atom stereocenters. The molecule has 0 amide bonds. The van der Waals surface area contributed by atoms with Crippen LogP contribution in [0, 0.1) is 11.7 Å². The molecule has 2 aromatic carbocycles. The number of likely N-dealkylation sites (tertiary alicyclic amines) is 1. The maximum atomic E-state index is 13.0. The van der Waals surface area contributed by atoms with Gasteiger partial charge < -0.3 is 15.2 Å². The summed E-state index contributed by atoms with van der Waals surface area (Å²) in [5.74, 6) is 0.610. The van der Waals surface area contributed by atoms with Crippen LogP contribution in [0.15, 0.2) is 48.5 Å². The van der Waals surface area contributed by atoms with Gasteiger partial charge in [-0.3, -0.25) is 4.90 Å². The van der Waals surface area contributed by atoms with E-state index in [1.54, 1.807) is 24.3 Å². The van der Waals surface area contributed by atoms with Gasteiger partial charge in [0.1, 0.15) is 17.9 Å². The van der Waals surface area contributed by atoms with E-state index < -0.39 is 0 Å². The van der Waals surface area contributed by atoms with Crippen LogP contribution in [0.2, 0.25) is 0 Å². The molecule has 26 heavy (non-hydrogen) atoms. The van der Waals surface area contributed by atoms with Gasteiger partial charge >= 0.3 is 0 Å². The quantitative estimate of drug-likeness (QED) is 0.589. The summed E-state index contributed by atoms with van der Waals surface area (Å²) in [6, 6.07) is 13.4. The van der Waals surface area contributed by atoms with Gasteiger partial charge in [-0.15, -0.1) is 0 Å². The number of aromatic hydroxyl groups is 1. The summed E-state index contributed by atoms with van der Waals surface area (Å²) in [7, 11) is 0. The van der Waals surface area contributed by atoms with E-state index in [2.05, 4.69) is 10.2 Å². The number of piperidine rings is 1. The van der Waals surface area contributed by atoms with Crippen LogP contribution in [0.25, 0.3) is 0 Å². The molecule has 1 aliphatic rings. The van der Waals surface area contributed by atoms with Crippen LogP contribution in [0.4, 0.5) is 10.1 Å². The summed E-state index contributed by atoms with van der Waals surface area (Å²) >= 11 is 0. The van der Waals surface area contributed by atoms with Crippen LogP contribution in [-0.4, -0.2) is 42.0 Å². The van der Waals surface area contributed by atoms with Gasteiger partial charge in [-0.1, -0.05) is 12.1 Å². The number of rotatable bonds is 7. The number of carbonyl (C=O) groups is 1. The average Bonchev–Trinajstić information content (AvgIpc) is 2.67. The number of aldehydes is 1. The lowest BCUT2D eigenvalue weighted by atomic mass is 9.89. The molecule has 0 bridgehead atoms. The molecule has 1 fully saturated rings. The van der Waals surface area contributed by atoms with Crippen LogP contribution in [0.3, 0.4) is 0 Å². The Balaban J connectivity index is 1.46. The highest BCUT2D eigenvalue weighted by Crippen LogP contribution is 2.23. The van der Waals surface area contributed by atoms with E-state index in [9.17, 15) is 14.3 Å². The van der Waals surface area contributed by atoms with Crippen LogP contribution in [0.5, 0.6) is 5.75 Å². The molecule has 0 aromatic heterocycles. The standard InChI is InChI=1S/C21H25FN2O2/c22-18-3-1-16(2-4-18)13-17-9-11-24(12-10-17)20(15-25)14-23-19-5-7-21(26)8-6-19/h1-8,15,17,20,23,26H,9-14H2. The van der Waals surface area contributed by atoms with Crippen LogP contribution in [-0.2, 0) is 11.2 Å². The molecule has 2 N–H and O–H groups in total. The maximum Gasteiger partial charge on any atom is 0.138 e. The van der Waals surface area contributed by atoms with E-state index in [0.29, 0.717) is 12.5 Å². The van der Waals surface area contributed by atoms with Gasteiger partial charge in [0.15, 0.2) is 0 Å². The van der Waals surface area contributed by atoms with Crippen molar-refractivity contribution >= 4 is 12.0 Å². The van der Waals surface area contributed by atoms with E-state index >= 15 is 0 Å². The number of nitrogens with zero attached hydrogens (tertiary/aromatic N) is 1. The Labute approximate surface area is 153 Å².